The molecular weight excluding hydrogens is 1280 g/mol. The summed E-state index contributed by atoms with van der Waals surface area (Å²) in [5.41, 5.74) is 0. The lowest BCUT2D eigenvalue weighted by Gasteiger charge is -2.21. The van der Waals surface area contributed by atoms with Crippen LogP contribution in [0.1, 0.15) is 336 Å². The van der Waals surface area contributed by atoms with Crippen LogP contribution in [0.3, 0.4) is 0 Å². The van der Waals surface area contributed by atoms with Gasteiger partial charge in [-0.3, -0.25) is 37.3 Å². The van der Waals surface area contributed by atoms with E-state index in [1.165, 1.54) is 83.5 Å². The molecule has 0 saturated carbocycles. The standard InChI is InChI=1S/C79H140O17P2/c1-5-9-13-17-21-25-29-33-36-40-44-48-52-56-60-64-77(82)90-70-75(96-79(84)66-62-58-54-50-46-42-38-35-31-27-23-19-15-11-7-3)72-94-98(87,88)92-68-73(80)67-91-97(85,86)93-71-74(69-89-76(81)63-59-55-51-47-43-39-32-28-24-20-16-12-8-4)95-78(83)65-61-57-53-49-45-41-37-34-30-26-22-18-14-10-6-2/h21-23,25-28,32-38,73-75,80H,5-20,24,29-31,39-72H2,1-4H3,(H,85,86)(H,87,88)/b25-21-,26-22-,27-23-,32-28-,36-33-,37-34-,38-35-/t73-,74+,75+/m0/s1. The van der Waals surface area contributed by atoms with Crippen molar-refractivity contribution in [2.24, 2.45) is 0 Å². The molecule has 0 radical (unpaired) electrons. The van der Waals surface area contributed by atoms with E-state index in [0.717, 1.165) is 173 Å². The number of hydrogen-bond acceptors (Lipinski definition) is 15. The van der Waals surface area contributed by atoms with Gasteiger partial charge in [-0.25, -0.2) is 9.13 Å². The number of allylic oxidation sites excluding steroid dienone is 14. The van der Waals surface area contributed by atoms with Crippen LogP contribution in [0.25, 0.3) is 0 Å². The van der Waals surface area contributed by atoms with Crippen LogP contribution in [0.2, 0.25) is 0 Å². The number of aliphatic hydroxyl groups is 1. The van der Waals surface area contributed by atoms with Gasteiger partial charge in [-0.05, 0) is 148 Å². The van der Waals surface area contributed by atoms with Crippen molar-refractivity contribution >= 4 is 39.5 Å². The maximum atomic E-state index is 13.1. The summed E-state index contributed by atoms with van der Waals surface area (Å²) in [6, 6.07) is 0. The van der Waals surface area contributed by atoms with E-state index in [9.17, 15) is 43.2 Å². The van der Waals surface area contributed by atoms with Crippen LogP contribution in [0, 0.1) is 0 Å². The summed E-state index contributed by atoms with van der Waals surface area (Å²) in [6.07, 6.45) is 72.7. The Kier molecular flexibility index (Phi) is 68.9. The molecule has 2 unspecified atom stereocenters. The van der Waals surface area contributed by atoms with Crippen LogP contribution in [-0.2, 0) is 65.4 Å². The first-order valence-electron chi connectivity index (χ1n) is 38.8. The number of aliphatic hydroxyl groups excluding tert-OH is 1. The van der Waals surface area contributed by atoms with Crippen LogP contribution in [0.4, 0.5) is 0 Å². The molecule has 0 bridgehead atoms. The van der Waals surface area contributed by atoms with Crippen LogP contribution >= 0.6 is 15.6 Å². The van der Waals surface area contributed by atoms with Crippen molar-refractivity contribution in [3.8, 4) is 0 Å². The normalized spacial score (nSPS) is 14.4. The first kappa shape index (κ1) is 94.2. The average molecular weight is 1420 g/mol. The fourth-order valence-electron chi connectivity index (χ4n) is 10.3. The van der Waals surface area contributed by atoms with E-state index < -0.39 is 97.5 Å². The second-order valence-electron chi connectivity index (χ2n) is 25.9. The first-order valence-corrected chi connectivity index (χ1v) is 41.8. The fourth-order valence-corrected chi connectivity index (χ4v) is 11.9. The van der Waals surface area contributed by atoms with Gasteiger partial charge in [0.05, 0.1) is 26.4 Å². The number of esters is 4. The highest BCUT2D eigenvalue weighted by Gasteiger charge is 2.30. The van der Waals surface area contributed by atoms with Gasteiger partial charge < -0.3 is 33.8 Å². The summed E-state index contributed by atoms with van der Waals surface area (Å²) >= 11 is 0. The van der Waals surface area contributed by atoms with Crippen LogP contribution in [-0.4, -0.2) is 96.7 Å². The predicted molar refractivity (Wildman–Crippen MR) is 399 cm³/mol. The molecule has 0 aliphatic heterocycles. The highest BCUT2D eigenvalue weighted by atomic mass is 31.2. The SMILES string of the molecule is CCCCC/C=C\C/C=C\CCCCCCCC(=O)OC[C@H](COP(=O)(O)OC[C@@H](O)COP(=O)(O)OC[C@@H](COC(=O)CCCCCCC/C=C\CCCCCC)OC(=O)CCCCCCC/C=C\C/C=C\CCCCC)OC(=O)CCCCCCC/C=C\C/C=C\CCCCC. The zero-order valence-electron chi connectivity index (χ0n) is 62.0. The van der Waals surface area contributed by atoms with Gasteiger partial charge >= 0.3 is 39.5 Å². The number of unbranched alkanes of at least 4 members (excludes halogenated alkanes) is 33. The van der Waals surface area contributed by atoms with E-state index in [2.05, 4.69) is 113 Å². The third kappa shape index (κ3) is 70.7. The Morgan fingerprint density at radius 2 is 0.500 bits per heavy atom. The van der Waals surface area contributed by atoms with Gasteiger partial charge in [0.15, 0.2) is 12.2 Å². The number of rotatable bonds is 73. The first-order chi connectivity index (χ1) is 47.7. The smallest absolute Gasteiger partial charge is 0.462 e. The number of hydrogen-bond donors (Lipinski definition) is 3. The van der Waals surface area contributed by atoms with Gasteiger partial charge in [0.2, 0.25) is 0 Å². The van der Waals surface area contributed by atoms with Crippen molar-refractivity contribution in [2.45, 2.75) is 354 Å². The second kappa shape index (κ2) is 71.6. The number of ether oxygens (including phenoxy) is 4. The zero-order chi connectivity index (χ0) is 71.8. The molecule has 19 heteroatoms. The molecule has 0 saturated heterocycles. The Morgan fingerprint density at radius 1 is 0.286 bits per heavy atom. The van der Waals surface area contributed by atoms with Gasteiger partial charge in [0, 0.05) is 25.7 Å². The lowest BCUT2D eigenvalue weighted by molar-refractivity contribution is -0.161. The van der Waals surface area contributed by atoms with Crippen molar-refractivity contribution < 1.29 is 80.2 Å². The molecule has 0 aromatic carbocycles. The summed E-state index contributed by atoms with van der Waals surface area (Å²) in [7, 11) is -9.96. The van der Waals surface area contributed by atoms with Gasteiger partial charge in [0.1, 0.15) is 19.3 Å². The summed E-state index contributed by atoms with van der Waals surface area (Å²) < 4.78 is 68.5. The van der Waals surface area contributed by atoms with E-state index in [1.54, 1.807) is 0 Å². The van der Waals surface area contributed by atoms with Crippen molar-refractivity contribution in [3.05, 3.63) is 85.1 Å². The number of phosphoric ester groups is 2. The molecule has 0 aliphatic carbocycles. The lowest BCUT2D eigenvalue weighted by atomic mass is 10.1. The Labute approximate surface area is 595 Å². The molecule has 0 aromatic heterocycles. The zero-order valence-corrected chi connectivity index (χ0v) is 63.7. The number of carbonyl (C=O) groups is 4. The number of phosphoric acid groups is 2. The molecule has 0 fully saturated rings. The Bertz CT molecular complexity index is 2190. The molecule has 5 atom stereocenters. The second-order valence-corrected chi connectivity index (χ2v) is 28.8. The molecular formula is C79H140O17P2. The minimum Gasteiger partial charge on any atom is -0.462 e. The molecule has 98 heavy (non-hydrogen) atoms. The molecule has 0 aromatic rings. The molecule has 3 N–H and O–H groups in total. The summed E-state index contributed by atoms with van der Waals surface area (Å²) in [4.78, 5) is 72.9. The summed E-state index contributed by atoms with van der Waals surface area (Å²) in [5.74, 6) is -2.21. The Hall–Kier alpha value is -3.76. The van der Waals surface area contributed by atoms with Crippen molar-refractivity contribution in [1.82, 2.24) is 0 Å². The third-order valence-corrected chi connectivity index (χ3v) is 18.2. The highest BCUT2D eigenvalue weighted by molar-refractivity contribution is 7.47. The summed E-state index contributed by atoms with van der Waals surface area (Å²) in [6.45, 7) is 4.75. The number of carbonyl (C=O) groups excluding carboxylic acids is 4. The maximum Gasteiger partial charge on any atom is 0.472 e. The summed E-state index contributed by atoms with van der Waals surface area (Å²) in [5, 5.41) is 10.6. The Morgan fingerprint density at radius 3 is 0.786 bits per heavy atom. The predicted octanol–water partition coefficient (Wildman–Crippen LogP) is 22.2. The van der Waals surface area contributed by atoms with Gasteiger partial charge in [-0.1, -0.05) is 248 Å². The van der Waals surface area contributed by atoms with Crippen LogP contribution in [0.5, 0.6) is 0 Å². The molecule has 0 aliphatic rings. The van der Waals surface area contributed by atoms with Crippen molar-refractivity contribution in [2.75, 3.05) is 39.6 Å². The van der Waals surface area contributed by atoms with E-state index in [4.69, 9.17) is 37.0 Å². The topological polar surface area (TPSA) is 237 Å². The van der Waals surface area contributed by atoms with E-state index >= 15 is 0 Å². The van der Waals surface area contributed by atoms with Crippen molar-refractivity contribution in [1.29, 1.82) is 0 Å². The van der Waals surface area contributed by atoms with Gasteiger partial charge in [-0.2, -0.15) is 0 Å². The molecule has 0 amide bonds. The van der Waals surface area contributed by atoms with E-state index in [-0.39, 0.29) is 25.7 Å². The highest BCUT2D eigenvalue weighted by Crippen LogP contribution is 2.45. The van der Waals surface area contributed by atoms with Crippen molar-refractivity contribution in [3.63, 3.8) is 0 Å². The van der Waals surface area contributed by atoms with Gasteiger partial charge in [-0.15, -0.1) is 0 Å². The van der Waals surface area contributed by atoms with Crippen LogP contribution < -0.4 is 0 Å². The fraction of sp³-hybridized carbons (Fsp3) is 0.772. The van der Waals surface area contributed by atoms with Crippen LogP contribution in [0.15, 0.2) is 85.1 Å². The van der Waals surface area contributed by atoms with Gasteiger partial charge in [0.25, 0.3) is 0 Å². The monoisotopic (exact) mass is 1420 g/mol. The molecule has 568 valence electrons. The lowest BCUT2D eigenvalue weighted by Crippen LogP contribution is -2.30. The minimum absolute atomic E-state index is 0.0767. The average Bonchev–Trinajstić information content (AvgIpc) is 1.04. The Balaban J connectivity index is 5.38. The molecule has 17 nitrogen and oxygen atoms in total. The molecule has 0 rings (SSSR count). The minimum atomic E-state index is -4.98. The van der Waals surface area contributed by atoms with E-state index in [0.29, 0.717) is 25.7 Å². The quantitative estimate of drug-likeness (QED) is 0.0169. The molecule has 0 spiro atoms. The molecule has 0 heterocycles. The third-order valence-electron chi connectivity index (χ3n) is 16.3. The largest absolute Gasteiger partial charge is 0.472 e. The van der Waals surface area contributed by atoms with E-state index in [1.807, 2.05) is 0 Å². The maximum absolute atomic E-state index is 13.1.